The minimum atomic E-state index is -0.284. The Hall–Kier alpha value is -4.34. The largest absolute Gasteiger partial charge is 0.327 e. The summed E-state index contributed by atoms with van der Waals surface area (Å²) in [5.41, 5.74) is 11.9. The third-order valence-corrected chi connectivity index (χ3v) is 6.85. The number of pyridine rings is 1. The van der Waals surface area contributed by atoms with E-state index >= 15 is 0 Å². The topological polar surface area (TPSA) is 107 Å². The second kappa shape index (κ2) is 10.2. The number of aryl methyl sites for hydroxylation is 1. The van der Waals surface area contributed by atoms with E-state index in [0.29, 0.717) is 11.4 Å². The number of amides is 1. The van der Waals surface area contributed by atoms with Crippen LogP contribution >= 0.6 is 0 Å². The maximum absolute atomic E-state index is 13.3. The van der Waals surface area contributed by atoms with Crippen molar-refractivity contribution in [3.63, 3.8) is 0 Å². The molecule has 0 bridgehead atoms. The molecule has 5 aromatic rings. The van der Waals surface area contributed by atoms with Gasteiger partial charge in [-0.3, -0.25) is 14.7 Å². The van der Waals surface area contributed by atoms with E-state index in [4.69, 9.17) is 5.73 Å². The number of nitrogens with zero attached hydrogens (tertiary/aromatic N) is 6. The average molecular weight is 507 g/mol. The molecule has 3 N–H and O–H groups in total. The maximum Gasteiger partial charge on any atom is 0.274 e. The molecule has 2 aromatic carbocycles. The Morgan fingerprint density at radius 3 is 2.79 bits per heavy atom. The Kier molecular flexibility index (Phi) is 6.45. The van der Waals surface area contributed by atoms with Crippen molar-refractivity contribution >= 4 is 22.5 Å². The Morgan fingerprint density at radius 2 is 1.97 bits per heavy atom. The van der Waals surface area contributed by atoms with Gasteiger partial charge in [0.2, 0.25) is 0 Å². The first-order chi connectivity index (χ1) is 18.5. The van der Waals surface area contributed by atoms with Gasteiger partial charge < -0.3 is 15.6 Å². The van der Waals surface area contributed by atoms with Crippen LogP contribution in [0, 0.1) is 6.92 Å². The molecule has 9 heteroatoms. The van der Waals surface area contributed by atoms with Crippen LogP contribution in [0.4, 0.5) is 5.69 Å². The number of hydrogen-bond acceptors (Lipinski definition) is 6. The van der Waals surface area contributed by atoms with Gasteiger partial charge in [-0.15, -0.1) is 0 Å². The summed E-state index contributed by atoms with van der Waals surface area (Å²) in [6, 6.07) is 17.8. The first-order valence-corrected chi connectivity index (χ1v) is 12.9. The monoisotopic (exact) mass is 506 g/mol. The lowest BCUT2D eigenvalue weighted by Gasteiger charge is -2.30. The minimum absolute atomic E-state index is 0.202. The van der Waals surface area contributed by atoms with Crippen LogP contribution in [0.25, 0.3) is 22.3 Å². The van der Waals surface area contributed by atoms with Gasteiger partial charge in [-0.05, 0) is 68.3 Å². The predicted molar refractivity (Wildman–Crippen MR) is 148 cm³/mol. The fourth-order valence-corrected chi connectivity index (χ4v) is 5.02. The highest BCUT2D eigenvalue weighted by Crippen LogP contribution is 2.23. The molecule has 1 fully saturated rings. The fraction of sp³-hybridized carbons (Fsp3) is 0.241. The summed E-state index contributed by atoms with van der Waals surface area (Å²) in [5, 5.41) is 8.71. The fourth-order valence-electron chi connectivity index (χ4n) is 5.02. The molecular weight excluding hydrogens is 476 g/mol. The van der Waals surface area contributed by atoms with E-state index in [2.05, 4.69) is 31.3 Å². The molecule has 0 saturated carbocycles. The number of benzene rings is 2. The molecule has 1 amide bonds. The number of nitrogens with one attached hydrogen (secondary N) is 1. The second-order valence-electron chi connectivity index (χ2n) is 9.93. The molecule has 4 heterocycles. The summed E-state index contributed by atoms with van der Waals surface area (Å²) >= 11 is 0. The smallest absolute Gasteiger partial charge is 0.274 e. The summed E-state index contributed by atoms with van der Waals surface area (Å²) in [6.07, 6.45) is 9.50. The van der Waals surface area contributed by atoms with Crippen LogP contribution in [0.1, 0.15) is 34.6 Å². The third-order valence-electron chi connectivity index (χ3n) is 6.85. The van der Waals surface area contributed by atoms with Gasteiger partial charge in [-0.2, -0.15) is 5.10 Å². The van der Waals surface area contributed by atoms with Crippen LogP contribution in [0.15, 0.2) is 79.5 Å². The Balaban J connectivity index is 1.27. The molecule has 1 atom stereocenters. The van der Waals surface area contributed by atoms with Crippen LogP contribution in [0.2, 0.25) is 0 Å². The summed E-state index contributed by atoms with van der Waals surface area (Å²) in [5.74, 6) is -0.284. The lowest BCUT2D eigenvalue weighted by molar-refractivity contribution is 0.102. The molecule has 9 nitrogen and oxygen atoms in total. The summed E-state index contributed by atoms with van der Waals surface area (Å²) in [4.78, 5) is 24.4. The van der Waals surface area contributed by atoms with Crippen molar-refractivity contribution in [1.29, 1.82) is 0 Å². The van der Waals surface area contributed by atoms with Crippen molar-refractivity contribution in [2.75, 3.05) is 18.4 Å². The molecule has 1 aliphatic rings. The van der Waals surface area contributed by atoms with Gasteiger partial charge >= 0.3 is 0 Å². The third kappa shape index (κ3) is 5.20. The van der Waals surface area contributed by atoms with Crippen molar-refractivity contribution in [3.05, 3.63) is 96.5 Å². The van der Waals surface area contributed by atoms with Gasteiger partial charge in [0.25, 0.3) is 5.91 Å². The van der Waals surface area contributed by atoms with Gasteiger partial charge in [0.1, 0.15) is 5.69 Å². The number of carbonyl (C=O) groups is 1. The van der Waals surface area contributed by atoms with E-state index in [9.17, 15) is 4.79 Å². The minimum Gasteiger partial charge on any atom is -0.327 e. The molecule has 6 rings (SSSR count). The van der Waals surface area contributed by atoms with E-state index < -0.39 is 0 Å². The Morgan fingerprint density at radius 1 is 1.08 bits per heavy atom. The SMILES string of the molecule is Cc1cn(-c2cc(CN3CCC[C@H](N)C3)cc(NC(=O)c3cc(-n4cc5ccccc5n4)ccn3)c2)cn1. The van der Waals surface area contributed by atoms with E-state index in [1.807, 2.05) is 66.3 Å². The number of likely N-dealkylation sites (tertiary alicyclic amines) is 1. The normalized spacial score (nSPS) is 16.1. The highest BCUT2D eigenvalue weighted by Gasteiger charge is 2.18. The zero-order valence-corrected chi connectivity index (χ0v) is 21.3. The number of anilines is 1. The van der Waals surface area contributed by atoms with E-state index in [1.165, 1.54) is 0 Å². The van der Waals surface area contributed by atoms with Gasteiger partial charge in [0.15, 0.2) is 0 Å². The van der Waals surface area contributed by atoms with E-state index in [-0.39, 0.29) is 11.9 Å². The van der Waals surface area contributed by atoms with Crippen LogP contribution in [0.5, 0.6) is 0 Å². The summed E-state index contributed by atoms with van der Waals surface area (Å²) in [7, 11) is 0. The first kappa shape index (κ1) is 24.0. The molecule has 0 spiro atoms. The van der Waals surface area contributed by atoms with Crippen molar-refractivity contribution in [3.8, 4) is 11.4 Å². The molecule has 1 aliphatic heterocycles. The standard InChI is InChI=1S/C29H30N8O/c1-20-15-36(19-32-20)26-12-21(16-35-10-4-6-23(30)18-35)11-24(13-26)33-29(38)28-14-25(8-9-31-28)37-17-22-5-2-3-7-27(22)34-37/h2-3,5,7-9,11-15,17,19,23H,4,6,10,16,18,30H2,1H3,(H,33,38)/t23-/m0/s1. The first-order valence-electron chi connectivity index (χ1n) is 12.9. The second-order valence-corrected chi connectivity index (χ2v) is 9.93. The molecular formula is C29H30N8O. The van der Waals surface area contributed by atoms with Gasteiger partial charge in [0.05, 0.1) is 23.2 Å². The molecule has 1 saturated heterocycles. The van der Waals surface area contributed by atoms with Gasteiger partial charge in [-0.1, -0.05) is 18.2 Å². The number of fused-ring (bicyclic) bond motifs is 1. The molecule has 0 radical (unpaired) electrons. The van der Waals surface area contributed by atoms with Gasteiger partial charge in [-0.25, -0.2) is 9.67 Å². The Labute approximate surface area is 220 Å². The number of rotatable bonds is 6. The van der Waals surface area contributed by atoms with Crippen LogP contribution in [0.3, 0.4) is 0 Å². The zero-order valence-electron chi connectivity index (χ0n) is 21.3. The maximum atomic E-state index is 13.3. The van der Waals surface area contributed by atoms with Crippen molar-refractivity contribution < 1.29 is 4.79 Å². The number of nitrogens with two attached hydrogens (primary N) is 1. The number of carbonyl (C=O) groups excluding carboxylic acids is 1. The summed E-state index contributed by atoms with van der Waals surface area (Å²) < 4.78 is 3.74. The number of aromatic nitrogens is 5. The van der Waals surface area contributed by atoms with E-state index in [1.54, 1.807) is 23.3 Å². The average Bonchev–Trinajstić information content (AvgIpc) is 3.55. The molecule has 38 heavy (non-hydrogen) atoms. The van der Waals surface area contributed by atoms with Crippen LogP contribution in [-0.2, 0) is 6.54 Å². The lowest BCUT2D eigenvalue weighted by Crippen LogP contribution is -2.42. The van der Waals surface area contributed by atoms with Crippen LogP contribution in [-0.4, -0.2) is 54.3 Å². The van der Waals surface area contributed by atoms with Gasteiger partial charge in [0, 0.05) is 54.5 Å². The van der Waals surface area contributed by atoms with Crippen LogP contribution < -0.4 is 11.1 Å². The predicted octanol–water partition coefficient (Wildman–Crippen LogP) is 4.09. The highest BCUT2D eigenvalue weighted by molar-refractivity contribution is 6.03. The molecule has 3 aromatic heterocycles. The Bertz CT molecular complexity index is 1570. The van der Waals surface area contributed by atoms with Crippen molar-refractivity contribution in [2.45, 2.75) is 32.4 Å². The van der Waals surface area contributed by atoms with E-state index in [0.717, 1.165) is 66.0 Å². The molecule has 0 unspecified atom stereocenters. The number of hydrogen-bond donors (Lipinski definition) is 2. The molecule has 192 valence electrons. The lowest BCUT2D eigenvalue weighted by atomic mass is 10.1. The highest BCUT2D eigenvalue weighted by atomic mass is 16.1. The van der Waals surface area contributed by atoms with Crippen molar-refractivity contribution in [2.24, 2.45) is 5.73 Å². The summed E-state index contributed by atoms with van der Waals surface area (Å²) in [6.45, 7) is 4.61. The number of piperidine rings is 1. The molecule has 0 aliphatic carbocycles. The van der Waals surface area contributed by atoms with Crippen molar-refractivity contribution in [1.82, 2.24) is 29.2 Å². The number of imidazole rings is 1. The quantitative estimate of drug-likeness (QED) is 0.359. The zero-order chi connectivity index (χ0) is 26.1.